The van der Waals surface area contributed by atoms with E-state index in [0.29, 0.717) is 6.10 Å². The third-order valence-corrected chi connectivity index (χ3v) is 1.22. The summed E-state index contributed by atoms with van der Waals surface area (Å²) >= 11 is 0. The Balaban J connectivity index is 2.86. The molecule has 8 heavy (non-hydrogen) atoms. The zero-order valence-corrected chi connectivity index (χ0v) is 5.68. The predicted octanol–water partition coefficient (Wildman–Crippen LogP) is 0.760. The molecule has 2 N–H and O–H groups in total. The zero-order valence-electron chi connectivity index (χ0n) is 5.68. The molecule has 0 aromatic rings. The number of hydrogen-bond donors (Lipinski definition) is 1. The molecule has 0 amide bonds. The Labute approximate surface area is 51.0 Å². The Morgan fingerprint density at radius 1 is 1.62 bits per heavy atom. The maximum atomic E-state index is 5.28. The van der Waals surface area contributed by atoms with E-state index in [0.717, 1.165) is 19.4 Å². The average Bonchev–Trinajstić information content (AvgIpc) is 1.83. The summed E-state index contributed by atoms with van der Waals surface area (Å²) < 4.78 is 5.00. The van der Waals surface area contributed by atoms with Crippen molar-refractivity contribution in [3.8, 4) is 0 Å². The summed E-state index contributed by atoms with van der Waals surface area (Å²) in [5.74, 6) is 0. The van der Waals surface area contributed by atoms with Gasteiger partial charge in [-0.25, -0.2) is 0 Å². The molecule has 0 heterocycles. The first-order valence-corrected chi connectivity index (χ1v) is 3.04. The van der Waals surface area contributed by atoms with E-state index < -0.39 is 0 Å². The molecule has 0 aromatic heterocycles. The Bertz CT molecular complexity index is 47.8. The van der Waals surface area contributed by atoms with Gasteiger partial charge < -0.3 is 10.5 Å². The predicted molar refractivity (Wildman–Crippen MR) is 34.8 cm³/mol. The van der Waals surface area contributed by atoms with Crippen LogP contribution in [-0.4, -0.2) is 19.8 Å². The molecule has 0 aromatic carbocycles. The normalized spacial score (nSPS) is 13.9. The lowest BCUT2D eigenvalue weighted by atomic mass is 10.2. The van der Waals surface area contributed by atoms with Crippen LogP contribution in [0, 0.1) is 0 Å². The van der Waals surface area contributed by atoms with Gasteiger partial charge in [-0.15, -0.1) is 0 Å². The van der Waals surface area contributed by atoms with Crippen LogP contribution in [0.2, 0.25) is 0 Å². The quantitative estimate of drug-likeness (QED) is 0.590. The van der Waals surface area contributed by atoms with Crippen LogP contribution in [0.3, 0.4) is 0 Å². The number of rotatable bonds is 4. The first-order valence-electron chi connectivity index (χ1n) is 3.04. The van der Waals surface area contributed by atoms with Crippen LogP contribution in [0.5, 0.6) is 0 Å². The van der Waals surface area contributed by atoms with E-state index in [1.807, 2.05) is 0 Å². The summed E-state index contributed by atoms with van der Waals surface area (Å²) in [7, 11) is 1.72. The van der Waals surface area contributed by atoms with Gasteiger partial charge >= 0.3 is 0 Å². The molecule has 1 unspecified atom stereocenters. The molecule has 0 rings (SSSR count). The number of methoxy groups -OCH3 is 1. The number of hydrogen-bond acceptors (Lipinski definition) is 2. The van der Waals surface area contributed by atoms with Gasteiger partial charge in [-0.05, 0) is 26.3 Å². The monoisotopic (exact) mass is 117 g/mol. The fourth-order valence-electron chi connectivity index (χ4n) is 0.523. The minimum atomic E-state index is 0.374. The van der Waals surface area contributed by atoms with Crippen LogP contribution in [-0.2, 0) is 4.74 Å². The van der Waals surface area contributed by atoms with Gasteiger partial charge in [-0.3, -0.25) is 0 Å². The van der Waals surface area contributed by atoms with Gasteiger partial charge in [0.2, 0.25) is 0 Å². The van der Waals surface area contributed by atoms with E-state index in [-0.39, 0.29) is 0 Å². The molecular weight excluding hydrogens is 102 g/mol. The van der Waals surface area contributed by atoms with Gasteiger partial charge in [-0.1, -0.05) is 0 Å². The van der Waals surface area contributed by atoms with Crippen LogP contribution in [0.1, 0.15) is 19.8 Å². The highest BCUT2D eigenvalue weighted by molar-refractivity contribution is 4.48. The SMILES string of the molecule is COC(C)CCCN. The molecule has 0 fully saturated rings. The molecule has 2 heteroatoms. The van der Waals surface area contributed by atoms with Crippen molar-refractivity contribution in [3.63, 3.8) is 0 Å². The van der Waals surface area contributed by atoms with Gasteiger partial charge in [0.15, 0.2) is 0 Å². The van der Waals surface area contributed by atoms with Crippen molar-refractivity contribution in [2.75, 3.05) is 13.7 Å². The lowest BCUT2D eigenvalue weighted by Gasteiger charge is -2.06. The second-order valence-electron chi connectivity index (χ2n) is 1.98. The van der Waals surface area contributed by atoms with Crippen molar-refractivity contribution in [3.05, 3.63) is 0 Å². The lowest BCUT2D eigenvalue weighted by Crippen LogP contribution is -2.08. The van der Waals surface area contributed by atoms with Crippen LogP contribution >= 0.6 is 0 Å². The molecule has 0 aliphatic carbocycles. The van der Waals surface area contributed by atoms with E-state index in [9.17, 15) is 0 Å². The summed E-state index contributed by atoms with van der Waals surface area (Å²) in [6.45, 7) is 2.82. The molecular formula is C6H15NO. The number of nitrogens with two attached hydrogens (primary N) is 1. The van der Waals surface area contributed by atoms with Gasteiger partial charge in [0.05, 0.1) is 6.10 Å². The highest BCUT2D eigenvalue weighted by atomic mass is 16.5. The molecule has 0 spiro atoms. The maximum Gasteiger partial charge on any atom is 0.0543 e. The fourth-order valence-corrected chi connectivity index (χ4v) is 0.523. The number of ether oxygens (including phenoxy) is 1. The van der Waals surface area contributed by atoms with Crippen LogP contribution in [0.25, 0.3) is 0 Å². The molecule has 0 saturated heterocycles. The largest absolute Gasteiger partial charge is 0.382 e. The maximum absolute atomic E-state index is 5.28. The minimum Gasteiger partial charge on any atom is -0.382 e. The van der Waals surface area contributed by atoms with E-state index in [1.165, 1.54) is 0 Å². The van der Waals surface area contributed by atoms with E-state index in [2.05, 4.69) is 6.92 Å². The second kappa shape index (κ2) is 5.06. The minimum absolute atomic E-state index is 0.374. The van der Waals surface area contributed by atoms with Gasteiger partial charge in [0, 0.05) is 7.11 Å². The standard InChI is InChI=1S/C6H15NO/c1-6(8-2)4-3-5-7/h6H,3-5,7H2,1-2H3. The summed E-state index contributed by atoms with van der Waals surface area (Å²) in [6.07, 6.45) is 2.51. The Morgan fingerprint density at radius 2 is 2.25 bits per heavy atom. The third-order valence-electron chi connectivity index (χ3n) is 1.22. The average molecular weight is 117 g/mol. The van der Waals surface area contributed by atoms with Crippen LogP contribution < -0.4 is 5.73 Å². The lowest BCUT2D eigenvalue weighted by molar-refractivity contribution is 0.109. The van der Waals surface area contributed by atoms with Crippen molar-refractivity contribution < 1.29 is 4.74 Å². The van der Waals surface area contributed by atoms with Gasteiger partial charge in [-0.2, -0.15) is 0 Å². The van der Waals surface area contributed by atoms with E-state index in [4.69, 9.17) is 10.5 Å². The first kappa shape index (κ1) is 7.92. The Hall–Kier alpha value is -0.0800. The molecule has 50 valence electrons. The molecule has 0 aliphatic heterocycles. The van der Waals surface area contributed by atoms with Crippen molar-refractivity contribution in [1.82, 2.24) is 0 Å². The molecule has 0 aliphatic rings. The van der Waals surface area contributed by atoms with Gasteiger partial charge in [0.25, 0.3) is 0 Å². The molecule has 0 bridgehead atoms. The van der Waals surface area contributed by atoms with Crippen LogP contribution in [0.15, 0.2) is 0 Å². The fraction of sp³-hybridized carbons (Fsp3) is 1.00. The van der Waals surface area contributed by atoms with Gasteiger partial charge in [0.1, 0.15) is 0 Å². The smallest absolute Gasteiger partial charge is 0.0543 e. The topological polar surface area (TPSA) is 35.2 Å². The van der Waals surface area contributed by atoms with Crippen molar-refractivity contribution in [2.24, 2.45) is 5.73 Å². The van der Waals surface area contributed by atoms with E-state index >= 15 is 0 Å². The van der Waals surface area contributed by atoms with Crippen LogP contribution in [0.4, 0.5) is 0 Å². The summed E-state index contributed by atoms with van der Waals surface area (Å²) in [5.41, 5.74) is 5.28. The molecule has 0 saturated carbocycles. The first-order chi connectivity index (χ1) is 3.81. The molecule has 0 radical (unpaired) electrons. The van der Waals surface area contributed by atoms with Crippen molar-refractivity contribution in [2.45, 2.75) is 25.9 Å². The highest BCUT2D eigenvalue weighted by Crippen LogP contribution is 1.96. The Morgan fingerprint density at radius 3 is 2.62 bits per heavy atom. The van der Waals surface area contributed by atoms with Crippen molar-refractivity contribution in [1.29, 1.82) is 0 Å². The summed E-state index contributed by atoms with van der Waals surface area (Å²) in [5, 5.41) is 0. The summed E-state index contributed by atoms with van der Waals surface area (Å²) in [6, 6.07) is 0. The zero-order chi connectivity index (χ0) is 6.41. The molecule has 2 nitrogen and oxygen atoms in total. The van der Waals surface area contributed by atoms with E-state index in [1.54, 1.807) is 7.11 Å². The summed E-state index contributed by atoms with van der Waals surface area (Å²) in [4.78, 5) is 0. The molecule has 1 atom stereocenters. The van der Waals surface area contributed by atoms with Crippen molar-refractivity contribution >= 4 is 0 Å². The third kappa shape index (κ3) is 4.09. The Kier molecular flexibility index (Phi) is 5.01. The second-order valence-corrected chi connectivity index (χ2v) is 1.98. The highest BCUT2D eigenvalue weighted by Gasteiger charge is 1.95.